The van der Waals surface area contributed by atoms with Crippen molar-refractivity contribution >= 4 is 23.2 Å². The largest absolute Gasteiger partial charge is 0.497 e. The van der Waals surface area contributed by atoms with Crippen molar-refractivity contribution in [3.8, 4) is 5.75 Å². The van der Waals surface area contributed by atoms with Crippen LogP contribution < -0.4 is 4.74 Å². The van der Waals surface area contributed by atoms with Crippen LogP contribution in [0.2, 0.25) is 5.02 Å². The Morgan fingerprint density at radius 3 is 2.28 bits per heavy atom. The molecule has 0 aliphatic carbocycles. The molecule has 0 amide bonds. The summed E-state index contributed by atoms with van der Waals surface area (Å²) in [4.78, 5) is 0. The zero-order valence-corrected chi connectivity index (χ0v) is 11.8. The summed E-state index contributed by atoms with van der Waals surface area (Å²) >= 11 is 12.4. The fraction of sp³-hybridized carbons (Fsp3) is 0.200. The Labute approximate surface area is 117 Å². The van der Waals surface area contributed by atoms with E-state index in [-0.39, 0.29) is 5.38 Å². The summed E-state index contributed by atoms with van der Waals surface area (Å²) < 4.78 is 5.19. The maximum absolute atomic E-state index is 6.50. The highest BCUT2D eigenvalue weighted by atomic mass is 35.5. The molecule has 3 heteroatoms. The van der Waals surface area contributed by atoms with Gasteiger partial charge in [-0.15, -0.1) is 11.6 Å². The van der Waals surface area contributed by atoms with E-state index in [9.17, 15) is 0 Å². The summed E-state index contributed by atoms with van der Waals surface area (Å²) in [7, 11) is 1.66. The van der Waals surface area contributed by atoms with Gasteiger partial charge in [0.1, 0.15) is 5.75 Å². The molecule has 0 saturated heterocycles. The molecular formula is C15H14Cl2O. The van der Waals surface area contributed by atoms with E-state index in [2.05, 4.69) is 0 Å². The van der Waals surface area contributed by atoms with Gasteiger partial charge in [-0.05, 0) is 47.9 Å². The number of ether oxygens (including phenoxy) is 1. The van der Waals surface area contributed by atoms with Crippen LogP contribution in [-0.4, -0.2) is 7.11 Å². The van der Waals surface area contributed by atoms with Gasteiger partial charge in [-0.3, -0.25) is 0 Å². The Bertz CT molecular complexity index is 535. The quantitative estimate of drug-likeness (QED) is 0.720. The third kappa shape index (κ3) is 2.80. The second-order valence-corrected chi connectivity index (χ2v) is 5.01. The minimum atomic E-state index is -0.173. The molecule has 1 atom stereocenters. The SMILES string of the molecule is COc1ccc(C(Cl)c2ccc(Cl)cc2)c(C)c1. The van der Waals surface area contributed by atoms with Crippen molar-refractivity contribution in [3.63, 3.8) is 0 Å². The number of benzene rings is 2. The normalized spacial score (nSPS) is 12.2. The average Bonchev–Trinajstić information content (AvgIpc) is 2.38. The first kappa shape index (κ1) is 13.3. The molecule has 2 aromatic carbocycles. The van der Waals surface area contributed by atoms with Gasteiger partial charge < -0.3 is 4.74 Å². The number of halogens is 2. The van der Waals surface area contributed by atoms with Crippen LogP contribution in [0.15, 0.2) is 42.5 Å². The molecule has 0 radical (unpaired) electrons. The summed E-state index contributed by atoms with van der Waals surface area (Å²) in [6.07, 6.45) is 0. The van der Waals surface area contributed by atoms with Crippen molar-refractivity contribution in [2.45, 2.75) is 12.3 Å². The first-order chi connectivity index (χ1) is 8.61. The zero-order chi connectivity index (χ0) is 13.1. The average molecular weight is 281 g/mol. The van der Waals surface area contributed by atoms with Gasteiger partial charge in [0.2, 0.25) is 0 Å². The van der Waals surface area contributed by atoms with Gasteiger partial charge in [-0.2, -0.15) is 0 Å². The zero-order valence-electron chi connectivity index (χ0n) is 10.3. The summed E-state index contributed by atoms with van der Waals surface area (Å²) in [5.74, 6) is 0.844. The number of hydrogen-bond donors (Lipinski definition) is 0. The molecule has 0 fully saturated rings. The molecular weight excluding hydrogens is 267 g/mol. The topological polar surface area (TPSA) is 9.23 Å². The van der Waals surface area contributed by atoms with Crippen LogP contribution in [0, 0.1) is 6.92 Å². The molecule has 0 N–H and O–H groups in total. The van der Waals surface area contributed by atoms with E-state index in [0.29, 0.717) is 5.02 Å². The molecule has 0 bridgehead atoms. The van der Waals surface area contributed by atoms with Crippen molar-refractivity contribution in [3.05, 3.63) is 64.2 Å². The standard InChI is InChI=1S/C15H14Cl2O/c1-10-9-13(18-2)7-8-14(10)15(17)11-3-5-12(16)6-4-11/h3-9,15H,1-2H3. The highest BCUT2D eigenvalue weighted by molar-refractivity contribution is 6.30. The lowest BCUT2D eigenvalue weighted by atomic mass is 10.00. The Morgan fingerprint density at radius 1 is 1.06 bits per heavy atom. The van der Waals surface area contributed by atoms with E-state index in [4.69, 9.17) is 27.9 Å². The number of alkyl halides is 1. The predicted octanol–water partition coefficient (Wildman–Crippen LogP) is 4.99. The molecule has 0 aliphatic rings. The van der Waals surface area contributed by atoms with E-state index >= 15 is 0 Å². The molecule has 0 aromatic heterocycles. The Kier molecular flexibility index (Phi) is 4.15. The molecule has 18 heavy (non-hydrogen) atoms. The second-order valence-electron chi connectivity index (χ2n) is 4.14. The molecule has 94 valence electrons. The van der Waals surface area contributed by atoms with Crippen molar-refractivity contribution < 1.29 is 4.74 Å². The molecule has 2 aromatic rings. The molecule has 0 aliphatic heterocycles. The van der Waals surface area contributed by atoms with Gasteiger partial charge in [0.25, 0.3) is 0 Å². The van der Waals surface area contributed by atoms with Gasteiger partial charge in [-0.1, -0.05) is 29.8 Å². The van der Waals surface area contributed by atoms with E-state index in [1.54, 1.807) is 7.11 Å². The molecule has 0 saturated carbocycles. The highest BCUT2D eigenvalue weighted by Gasteiger charge is 2.13. The summed E-state index contributed by atoms with van der Waals surface area (Å²) in [5.41, 5.74) is 3.23. The van der Waals surface area contributed by atoms with Crippen LogP contribution in [0.25, 0.3) is 0 Å². The van der Waals surface area contributed by atoms with Crippen LogP contribution in [-0.2, 0) is 0 Å². The lowest BCUT2D eigenvalue weighted by molar-refractivity contribution is 0.414. The van der Waals surface area contributed by atoms with Crippen molar-refractivity contribution in [1.29, 1.82) is 0 Å². The van der Waals surface area contributed by atoms with E-state index in [1.807, 2.05) is 49.4 Å². The van der Waals surface area contributed by atoms with Gasteiger partial charge >= 0.3 is 0 Å². The number of aryl methyl sites for hydroxylation is 1. The third-order valence-electron chi connectivity index (χ3n) is 2.91. The summed E-state index contributed by atoms with van der Waals surface area (Å²) in [5, 5.41) is 0.544. The summed E-state index contributed by atoms with van der Waals surface area (Å²) in [6.45, 7) is 2.03. The minimum absolute atomic E-state index is 0.173. The lowest BCUT2D eigenvalue weighted by Crippen LogP contribution is -1.97. The fourth-order valence-corrected chi connectivity index (χ4v) is 2.39. The minimum Gasteiger partial charge on any atom is -0.497 e. The molecule has 1 nitrogen and oxygen atoms in total. The number of hydrogen-bond acceptors (Lipinski definition) is 1. The van der Waals surface area contributed by atoms with Crippen LogP contribution in [0.5, 0.6) is 5.75 Å². The Balaban J connectivity index is 2.33. The van der Waals surface area contributed by atoms with Crippen molar-refractivity contribution in [1.82, 2.24) is 0 Å². The highest BCUT2D eigenvalue weighted by Crippen LogP contribution is 2.33. The third-order valence-corrected chi connectivity index (χ3v) is 3.65. The second kappa shape index (κ2) is 5.64. The van der Waals surface area contributed by atoms with Crippen LogP contribution in [0.1, 0.15) is 22.1 Å². The van der Waals surface area contributed by atoms with E-state index < -0.39 is 0 Å². The Hall–Kier alpha value is -1.18. The fourth-order valence-electron chi connectivity index (χ4n) is 1.87. The lowest BCUT2D eigenvalue weighted by Gasteiger charge is -2.14. The smallest absolute Gasteiger partial charge is 0.119 e. The van der Waals surface area contributed by atoms with Crippen molar-refractivity contribution in [2.24, 2.45) is 0 Å². The number of rotatable bonds is 3. The van der Waals surface area contributed by atoms with Gasteiger partial charge in [0, 0.05) is 5.02 Å². The molecule has 2 rings (SSSR count). The van der Waals surface area contributed by atoms with E-state index in [1.165, 1.54) is 0 Å². The maximum Gasteiger partial charge on any atom is 0.119 e. The van der Waals surface area contributed by atoms with Crippen molar-refractivity contribution in [2.75, 3.05) is 7.11 Å². The van der Waals surface area contributed by atoms with E-state index in [0.717, 1.165) is 22.4 Å². The maximum atomic E-state index is 6.50. The predicted molar refractivity (Wildman–Crippen MR) is 76.9 cm³/mol. The van der Waals surface area contributed by atoms with Gasteiger partial charge in [0.05, 0.1) is 12.5 Å². The first-order valence-corrected chi connectivity index (χ1v) is 6.47. The molecule has 0 spiro atoms. The van der Waals surface area contributed by atoms with Crippen LogP contribution in [0.3, 0.4) is 0 Å². The molecule has 0 heterocycles. The van der Waals surface area contributed by atoms with Crippen LogP contribution in [0.4, 0.5) is 0 Å². The first-order valence-electron chi connectivity index (χ1n) is 5.66. The monoisotopic (exact) mass is 280 g/mol. The van der Waals surface area contributed by atoms with Gasteiger partial charge in [0.15, 0.2) is 0 Å². The summed E-state index contributed by atoms with van der Waals surface area (Å²) in [6, 6.07) is 13.5. The molecule has 1 unspecified atom stereocenters. The van der Waals surface area contributed by atoms with Crippen LogP contribution >= 0.6 is 23.2 Å². The number of methoxy groups -OCH3 is 1. The Morgan fingerprint density at radius 2 is 1.72 bits per heavy atom. The van der Waals surface area contributed by atoms with Gasteiger partial charge in [-0.25, -0.2) is 0 Å².